The molecule has 0 aliphatic carbocycles. The minimum atomic E-state index is -1.21. The van der Waals surface area contributed by atoms with Gasteiger partial charge < -0.3 is 0 Å². The first-order chi connectivity index (χ1) is 9.79. The van der Waals surface area contributed by atoms with Gasteiger partial charge in [-0.2, -0.15) is 0 Å². The number of hydrogen-bond donors (Lipinski definition) is 0. The molecule has 1 aliphatic heterocycles. The summed E-state index contributed by atoms with van der Waals surface area (Å²) in [5.41, 5.74) is 2.68. The van der Waals surface area contributed by atoms with Gasteiger partial charge in [-0.25, -0.2) is 0 Å². The summed E-state index contributed by atoms with van der Waals surface area (Å²) < 4.78 is 0. The monoisotopic (exact) mass is 292 g/mol. The van der Waals surface area contributed by atoms with E-state index in [0.717, 1.165) is 0 Å². The highest BCUT2D eigenvalue weighted by molar-refractivity contribution is 6.91. The van der Waals surface area contributed by atoms with Gasteiger partial charge in [0, 0.05) is 0 Å². The Morgan fingerprint density at radius 1 is 0.750 bits per heavy atom. The Morgan fingerprint density at radius 3 is 1.85 bits per heavy atom. The van der Waals surface area contributed by atoms with Gasteiger partial charge in [0.15, 0.2) is 0 Å². The summed E-state index contributed by atoms with van der Waals surface area (Å²) in [6.45, 7) is 6.97. The van der Waals surface area contributed by atoms with Crippen molar-refractivity contribution in [2.75, 3.05) is 0 Å². The maximum Gasteiger partial charge on any atom is 0.105 e. The van der Waals surface area contributed by atoms with E-state index >= 15 is 0 Å². The normalized spacial score (nSPS) is 16.6. The van der Waals surface area contributed by atoms with Crippen molar-refractivity contribution in [2.45, 2.75) is 97.1 Å². The van der Waals surface area contributed by atoms with Gasteiger partial charge in [-0.15, -0.1) is 0 Å². The van der Waals surface area contributed by atoms with Crippen molar-refractivity contribution in [3.63, 3.8) is 0 Å². The Balaban J connectivity index is 2.59. The second kappa shape index (κ2) is 10.4. The van der Waals surface area contributed by atoms with E-state index in [9.17, 15) is 0 Å². The Hall–Kier alpha value is -0.303. The minimum absolute atomic E-state index is 1.21. The standard InChI is InChI=1S/C19H36Si/c1-4-7-10-14-19-15-13-18-20(19,16-11-8-5-2)17-12-9-6-3/h13,15,18H,4-12,14,16-17H2,1-3H3. The highest BCUT2D eigenvalue weighted by Crippen LogP contribution is 2.37. The van der Waals surface area contributed by atoms with Crippen LogP contribution in [0.2, 0.25) is 12.1 Å². The number of allylic oxidation sites excluding steroid dienone is 3. The first-order valence-electron chi connectivity index (χ1n) is 9.18. The van der Waals surface area contributed by atoms with Crippen molar-refractivity contribution >= 4 is 8.07 Å². The molecule has 116 valence electrons. The van der Waals surface area contributed by atoms with Gasteiger partial charge >= 0.3 is 0 Å². The molecule has 1 heteroatoms. The molecule has 1 rings (SSSR count). The molecule has 0 radical (unpaired) electrons. The molecule has 0 bridgehead atoms. The van der Waals surface area contributed by atoms with Crippen molar-refractivity contribution in [1.29, 1.82) is 0 Å². The van der Waals surface area contributed by atoms with Crippen molar-refractivity contribution < 1.29 is 0 Å². The summed E-state index contributed by atoms with van der Waals surface area (Å²) in [5, 5.41) is 1.89. The summed E-state index contributed by atoms with van der Waals surface area (Å²) in [6, 6.07) is 3.05. The van der Waals surface area contributed by atoms with Crippen LogP contribution in [-0.4, -0.2) is 8.07 Å². The van der Waals surface area contributed by atoms with E-state index in [2.05, 4.69) is 38.6 Å². The molecule has 0 aromatic rings. The van der Waals surface area contributed by atoms with Crippen LogP contribution in [0.3, 0.4) is 0 Å². The predicted molar refractivity (Wildman–Crippen MR) is 95.8 cm³/mol. The maximum atomic E-state index is 2.68. The van der Waals surface area contributed by atoms with Gasteiger partial charge in [0.2, 0.25) is 0 Å². The van der Waals surface area contributed by atoms with Crippen molar-refractivity contribution in [2.24, 2.45) is 0 Å². The smallest absolute Gasteiger partial charge is 0.0901 e. The Bertz CT molecular complexity index is 291. The van der Waals surface area contributed by atoms with Crippen LogP contribution in [0.1, 0.15) is 85.0 Å². The van der Waals surface area contributed by atoms with Crippen molar-refractivity contribution in [3.05, 3.63) is 23.0 Å². The molecule has 0 aromatic heterocycles. The van der Waals surface area contributed by atoms with E-state index in [1.807, 2.05) is 5.20 Å². The molecular weight excluding hydrogens is 256 g/mol. The van der Waals surface area contributed by atoms with Crippen LogP contribution < -0.4 is 0 Å². The van der Waals surface area contributed by atoms with Crippen LogP contribution in [0.5, 0.6) is 0 Å². The third kappa shape index (κ3) is 5.59. The first kappa shape index (κ1) is 17.7. The second-order valence-electron chi connectivity index (χ2n) is 6.58. The van der Waals surface area contributed by atoms with E-state index in [4.69, 9.17) is 0 Å². The Morgan fingerprint density at radius 2 is 1.30 bits per heavy atom. The van der Waals surface area contributed by atoms with Crippen LogP contribution in [0, 0.1) is 0 Å². The molecular formula is C19H36Si. The van der Waals surface area contributed by atoms with Crippen LogP contribution >= 0.6 is 0 Å². The summed E-state index contributed by atoms with van der Waals surface area (Å²) in [4.78, 5) is 0. The molecule has 0 nitrogen and oxygen atoms in total. The zero-order chi connectivity index (χ0) is 14.7. The zero-order valence-electron chi connectivity index (χ0n) is 14.2. The average Bonchev–Trinajstić information content (AvgIpc) is 2.83. The average molecular weight is 293 g/mol. The molecule has 0 saturated heterocycles. The topological polar surface area (TPSA) is 0 Å². The largest absolute Gasteiger partial charge is 0.105 e. The lowest BCUT2D eigenvalue weighted by Crippen LogP contribution is -2.33. The van der Waals surface area contributed by atoms with Gasteiger partial charge in [0.1, 0.15) is 8.07 Å². The number of hydrogen-bond acceptors (Lipinski definition) is 0. The molecule has 0 aromatic carbocycles. The fourth-order valence-corrected chi connectivity index (χ4v) is 8.28. The lowest BCUT2D eigenvalue weighted by atomic mass is 10.2. The third-order valence-corrected chi connectivity index (χ3v) is 9.87. The molecule has 0 saturated carbocycles. The van der Waals surface area contributed by atoms with Gasteiger partial charge in [0.25, 0.3) is 0 Å². The summed E-state index contributed by atoms with van der Waals surface area (Å²) >= 11 is 0. The van der Waals surface area contributed by atoms with Crippen LogP contribution in [0.25, 0.3) is 0 Å². The predicted octanol–water partition coefficient (Wildman–Crippen LogP) is 6.97. The molecule has 1 aliphatic rings. The molecule has 1 heterocycles. The number of rotatable bonds is 12. The maximum absolute atomic E-state index is 2.68. The molecule has 0 atom stereocenters. The highest BCUT2D eigenvalue weighted by Gasteiger charge is 2.34. The SMILES string of the molecule is CCCCCC1=CC=C[Si]1(CCCCC)CCCCC. The van der Waals surface area contributed by atoms with Crippen molar-refractivity contribution in [3.8, 4) is 0 Å². The van der Waals surface area contributed by atoms with Gasteiger partial charge in [-0.05, 0) is 12.8 Å². The highest BCUT2D eigenvalue weighted by atomic mass is 28.3. The fourth-order valence-electron chi connectivity index (χ4n) is 3.51. The van der Waals surface area contributed by atoms with E-state index in [-0.39, 0.29) is 0 Å². The van der Waals surface area contributed by atoms with E-state index in [0.29, 0.717) is 0 Å². The quantitative estimate of drug-likeness (QED) is 0.269. The Kier molecular flexibility index (Phi) is 9.25. The van der Waals surface area contributed by atoms with E-state index < -0.39 is 8.07 Å². The molecule has 0 fully saturated rings. The van der Waals surface area contributed by atoms with Gasteiger partial charge in [-0.3, -0.25) is 0 Å². The minimum Gasteiger partial charge on any atom is -0.0901 e. The molecule has 0 N–H and O–H groups in total. The lowest BCUT2D eigenvalue weighted by molar-refractivity contribution is 0.713. The van der Waals surface area contributed by atoms with E-state index in [1.165, 1.54) is 76.3 Å². The molecule has 20 heavy (non-hydrogen) atoms. The van der Waals surface area contributed by atoms with Crippen LogP contribution in [0.4, 0.5) is 0 Å². The Labute approximate surface area is 128 Å². The third-order valence-electron chi connectivity index (χ3n) is 4.85. The molecule has 0 unspecified atom stereocenters. The van der Waals surface area contributed by atoms with Crippen LogP contribution in [-0.2, 0) is 0 Å². The van der Waals surface area contributed by atoms with E-state index in [1.54, 1.807) is 0 Å². The zero-order valence-corrected chi connectivity index (χ0v) is 15.2. The fraction of sp³-hybridized carbons (Fsp3) is 0.789. The number of unbranched alkanes of at least 4 members (excludes halogenated alkanes) is 6. The van der Waals surface area contributed by atoms with Crippen LogP contribution in [0.15, 0.2) is 23.0 Å². The van der Waals surface area contributed by atoms with Gasteiger partial charge in [-0.1, -0.05) is 107 Å². The summed E-state index contributed by atoms with van der Waals surface area (Å²) in [6.07, 6.45) is 19.0. The summed E-state index contributed by atoms with van der Waals surface area (Å²) in [5.74, 6) is 0. The first-order valence-corrected chi connectivity index (χ1v) is 11.7. The summed E-state index contributed by atoms with van der Waals surface area (Å²) in [7, 11) is -1.21. The van der Waals surface area contributed by atoms with Gasteiger partial charge in [0.05, 0.1) is 0 Å². The lowest BCUT2D eigenvalue weighted by Gasteiger charge is -2.29. The molecule has 0 spiro atoms. The molecule has 0 amide bonds. The van der Waals surface area contributed by atoms with Crippen molar-refractivity contribution in [1.82, 2.24) is 0 Å². The second-order valence-corrected chi connectivity index (χ2v) is 10.9.